The maximum atomic E-state index is 10.7. The number of nitrogens with zero attached hydrogens (tertiary/aromatic N) is 1. The third kappa shape index (κ3) is 8.52. The van der Waals surface area contributed by atoms with Crippen LogP contribution in [0.4, 0.5) is 0 Å². The molecule has 0 fully saturated rings. The second kappa shape index (κ2) is 10.5. The number of hydrogen-bond donors (Lipinski definition) is 3. The summed E-state index contributed by atoms with van der Waals surface area (Å²) in [7, 11) is 0. The summed E-state index contributed by atoms with van der Waals surface area (Å²) in [6, 6.07) is 3.82. The van der Waals surface area contributed by atoms with E-state index < -0.39 is 0 Å². The van der Waals surface area contributed by atoms with E-state index in [-0.39, 0.29) is 5.91 Å². The van der Waals surface area contributed by atoms with E-state index in [1.165, 1.54) is 6.92 Å². The highest BCUT2D eigenvalue weighted by atomic mass is 16.3. The Bertz CT molecular complexity index is 441. The molecule has 1 heterocycles. The van der Waals surface area contributed by atoms with Crippen molar-refractivity contribution in [1.82, 2.24) is 16.0 Å². The smallest absolute Gasteiger partial charge is 0.216 e. The zero-order valence-electron chi connectivity index (χ0n) is 12.5. The first-order valence-corrected chi connectivity index (χ1v) is 7.12. The van der Waals surface area contributed by atoms with Crippen molar-refractivity contribution in [2.24, 2.45) is 4.99 Å². The normalized spacial score (nSPS) is 11.0. The van der Waals surface area contributed by atoms with Crippen molar-refractivity contribution >= 4 is 11.9 Å². The van der Waals surface area contributed by atoms with Gasteiger partial charge in [0.1, 0.15) is 5.76 Å². The Morgan fingerprint density at radius 3 is 2.90 bits per heavy atom. The molecule has 0 bridgehead atoms. The van der Waals surface area contributed by atoms with Gasteiger partial charge in [-0.25, -0.2) is 0 Å². The van der Waals surface area contributed by atoms with E-state index >= 15 is 0 Å². The van der Waals surface area contributed by atoms with E-state index in [0.717, 1.165) is 31.1 Å². The molecule has 0 atom stereocenters. The molecule has 0 radical (unpaired) electrons. The second-order valence-electron chi connectivity index (χ2n) is 4.49. The Morgan fingerprint density at radius 2 is 2.24 bits per heavy atom. The Kier molecular flexibility index (Phi) is 8.44. The highest BCUT2D eigenvalue weighted by molar-refractivity contribution is 5.79. The third-order valence-corrected chi connectivity index (χ3v) is 2.64. The molecule has 116 valence electrons. The lowest BCUT2D eigenvalue weighted by atomic mass is 10.3. The van der Waals surface area contributed by atoms with Gasteiger partial charge < -0.3 is 20.4 Å². The lowest BCUT2D eigenvalue weighted by Crippen LogP contribution is -2.38. The molecular weight excluding hydrogens is 268 g/mol. The molecule has 6 heteroatoms. The summed E-state index contributed by atoms with van der Waals surface area (Å²) in [5.41, 5.74) is 0. The fourth-order valence-electron chi connectivity index (χ4n) is 1.64. The Labute approximate surface area is 125 Å². The average Bonchev–Trinajstić information content (AvgIpc) is 2.96. The summed E-state index contributed by atoms with van der Waals surface area (Å²) >= 11 is 0. The zero-order chi connectivity index (χ0) is 15.3. The van der Waals surface area contributed by atoms with Crippen molar-refractivity contribution < 1.29 is 9.21 Å². The van der Waals surface area contributed by atoms with Crippen LogP contribution in [0.2, 0.25) is 0 Å². The van der Waals surface area contributed by atoms with Gasteiger partial charge in [-0.05, 0) is 18.6 Å². The molecule has 1 aromatic rings. The van der Waals surface area contributed by atoms with Gasteiger partial charge in [-0.15, -0.1) is 6.58 Å². The minimum Gasteiger partial charge on any atom is -0.469 e. The molecule has 21 heavy (non-hydrogen) atoms. The number of guanidine groups is 1. The molecule has 0 spiro atoms. The van der Waals surface area contributed by atoms with Crippen LogP contribution >= 0.6 is 0 Å². The van der Waals surface area contributed by atoms with Crippen LogP contribution in [0.5, 0.6) is 0 Å². The Balaban J connectivity index is 2.28. The van der Waals surface area contributed by atoms with Gasteiger partial charge in [0.2, 0.25) is 5.91 Å². The number of aliphatic imine (C=N–C) groups is 1. The number of amides is 1. The number of carbonyl (C=O) groups excluding carboxylic acids is 1. The van der Waals surface area contributed by atoms with Crippen molar-refractivity contribution in [2.45, 2.75) is 19.8 Å². The lowest BCUT2D eigenvalue weighted by molar-refractivity contribution is -0.118. The van der Waals surface area contributed by atoms with Crippen LogP contribution in [0.3, 0.4) is 0 Å². The van der Waals surface area contributed by atoms with Crippen LogP contribution in [-0.2, 0) is 11.2 Å². The van der Waals surface area contributed by atoms with Crippen LogP contribution in [0, 0.1) is 0 Å². The fourth-order valence-corrected chi connectivity index (χ4v) is 1.64. The van der Waals surface area contributed by atoms with Gasteiger partial charge in [0.25, 0.3) is 0 Å². The molecule has 0 aliphatic rings. The van der Waals surface area contributed by atoms with Crippen LogP contribution in [0.25, 0.3) is 0 Å². The largest absolute Gasteiger partial charge is 0.469 e. The molecule has 1 rings (SSSR count). The summed E-state index contributed by atoms with van der Waals surface area (Å²) in [4.78, 5) is 15.2. The van der Waals surface area contributed by atoms with Gasteiger partial charge in [-0.1, -0.05) is 6.08 Å². The number of nitrogens with one attached hydrogen (secondary N) is 3. The monoisotopic (exact) mass is 292 g/mol. The number of carbonyl (C=O) groups is 1. The first kappa shape index (κ1) is 16.8. The maximum absolute atomic E-state index is 10.7. The molecule has 3 N–H and O–H groups in total. The van der Waals surface area contributed by atoms with Crippen LogP contribution in [0.15, 0.2) is 40.5 Å². The maximum Gasteiger partial charge on any atom is 0.216 e. The highest BCUT2D eigenvalue weighted by Gasteiger charge is 1.99. The molecule has 1 aromatic heterocycles. The molecule has 1 amide bonds. The van der Waals surface area contributed by atoms with Gasteiger partial charge in [0.05, 0.1) is 6.26 Å². The van der Waals surface area contributed by atoms with Crippen LogP contribution in [-0.4, -0.2) is 38.0 Å². The summed E-state index contributed by atoms with van der Waals surface area (Å²) in [6.07, 6.45) is 5.05. The average molecular weight is 292 g/mol. The summed E-state index contributed by atoms with van der Waals surface area (Å²) in [6.45, 7) is 7.86. The standard InChI is InChI=1S/C15H24N4O2/c1-3-8-17-15(18-10-5-9-16-13(2)20)19-11-7-14-6-4-12-21-14/h3-4,6,12H,1,5,7-11H2,2H3,(H,16,20)(H2,17,18,19). The van der Waals surface area contributed by atoms with Gasteiger partial charge in [0.15, 0.2) is 5.96 Å². The van der Waals surface area contributed by atoms with Crippen LogP contribution in [0.1, 0.15) is 19.1 Å². The van der Waals surface area contributed by atoms with Gasteiger partial charge in [-0.2, -0.15) is 0 Å². The topological polar surface area (TPSA) is 78.7 Å². The molecule has 0 saturated heterocycles. The van der Waals surface area contributed by atoms with Crippen molar-refractivity contribution in [2.75, 3.05) is 26.2 Å². The van der Waals surface area contributed by atoms with E-state index in [4.69, 9.17) is 4.42 Å². The van der Waals surface area contributed by atoms with Crippen molar-refractivity contribution in [3.05, 3.63) is 36.8 Å². The predicted molar refractivity (Wildman–Crippen MR) is 84.2 cm³/mol. The lowest BCUT2D eigenvalue weighted by Gasteiger charge is -2.10. The molecule has 0 saturated carbocycles. The molecular formula is C15H24N4O2. The predicted octanol–water partition coefficient (Wildman–Crippen LogP) is 1.07. The van der Waals surface area contributed by atoms with Crippen molar-refractivity contribution in [3.8, 4) is 0 Å². The minimum absolute atomic E-state index is 0.0134. The van der Waals surface area contributed by atoms with E-state index in [9.17, 15) is 4.79 Å². The molecule has 0 aliphatic carbocycles. The van der Waals surface area contributed by atoms with Crippen LogP contribution < -0.4 is 16.0 Å². The number of hydrogen-bond acceptors (Lipinski definition) is 3. The molecule has 6 nitrogen and oxygen atoms in total. The Hall–Kier alpha value is -2.24. The zero-order valence-corrected chi connectivity index (χ0v) is 12.5. The van der Waals surface area contributed by atoms with Crippen molar-refractivity contribution in [3.63, 3.8) is 0 Å². The van der Waals surface area contributed by atoms with E-state index in [1.807, 2.05) is 12.1 Å². The van der Waals surface area contributed by atoms with Gasteiger partial charge >= 0.3 is 0 Å². The molecule has 0 aliphatic heterocycles. The molecule has 0 unspecified atom stereocenters. The summed E-state index contributed by atoms with van der Waals surface area (Å²) in [5.74, 6) is 1.67. The summed E-state index contributed by atoms with van der Waals surface area (Å²) in [5, 5.41) is 9.13. The third-order valence-electron chi connectivity index (χ3n) is 2.64. The van der Waals surface area contributed by atoms with Gasteiger partial charge in [-0.3, -0.25) is 9.79 Å². The number of rotatable bonds is 9. The summed E-state index contributed by atoms with van der Waals surface area (Å²) < 4.78 is 5.28. The Morgan fingerprint density at radius 1 is 1.38 bits per heavy atom. The van der Waals surface area contributed by atoms with E-state index in [2.05, 4.69) is 27.5 Å². The molecule has 0 aromatic carbocycles. The van der Waals surface area contributed by atoms with E-state index in [1.54, 1.807) is 12.3 Å². The number of furan rings is 1. The van der Waals surface area contributed by atoms with Crippen molar-refractivity contribution in [1.29, 1.82) is 0 Å². The second-order valence-corrected chi connectivity index (χ2v) is 4.49. The highest BCUT2D eigenvalue weighted by Crippen LogP contribution is 1.99. The van der Waals surface area contributed by atoms with Gasteiger partial charge in [0, 0.05) is 39.5 Å². The minimum atomic E-state index is -0.0134. The first-order chi connectivity index (χ1) is 10.2. The van der Waals surface area contributed by atoms with E-state index in [0.29, 0.717) is 19.6 Å². The fraction of sp³-hybridized carbons (Fsp3) is 0.467. The SMILES string of the molecule is C=CCNC(=NCCCNC(C)=O)NCCc1ccco1. The quantitative estimate of drug-likeness (QED) is 0.275. The first-order valence-electron chi connectivity index (χ1n) is 7.12.